The minimum absolute atomic E-state index is 0.369. The molecule has 4 heteroatoms. The maximum absolute atomic E-state index is 6.10. The van der Waals surface area contributed by atoms with Crippen LogP contribution in [0.15, 0.2) is 5.51 Å². The molecule has 0 spiro atoms. The molecule has 3 atom stereocenters. The Hall–Kier alpha value is -0.450. The van der Waals surface area contributed by atoms with Crippen LogP contribution < -0.4 is 5.73 Å². The zero-order valence-corrected chi connectivity index (χ0v) is 11.1. The van der Waals surface area contributed by atoms with Gasteiger partial charge in [-0.1, -0.05) is 6.92 Å². The lowest BCUT2D eigenvalue weighted by molar-refractivity contribution is 0.0918. The van der Waals surface area contributed by atoms with E-state index in [9.17, 15) is 0 Å². The number of aryl methyl sites for hydroxylation is 1. The first kappa shape index (κ1) is 12.0. The molecule has 3 unspecified atom stereocenters. The molecule has 1 saturated heterocycles. The van der Waals surface area contributed by atoms with Gasteiger partial charge in [0.25, 0.3) is 0 Å². The van der Waals surface area contributed by atoms with E-state index in [0.717, 1.165) is 19.5 Å². The zero-order chi connectivity index (χ0) is 11.7. The Bertz CT molecular complexity index is 350. The van der Waals surface area contributed by atoms with Crippen LogP contribution in [0.3, 0.4) is 0 Å². The fraction of sp³-hybridized carbons (Fsp3) is 0.750. The quantitative estimate of drug-likeness (QED) is 0.858. The summed E-state index contributed by atoms with van der Waals surface area (Å²) in [6.45, 7) is 8.80. The van der Waals surface area contributed by atoms with Gasteiger partial charge in [0, 0.05) is 30.1 Å². The van der Waals surface area contributed by atoms with Crippen molar-refractivity contribution in [1.29, 1.82) is 0 Å². The van der Waals surface area contributed by atoms with Gasteiger partial charge in [-0.3, -0.25) is 4.90 Å². The van der Waals surface area contributed by atoms with Crippen LogP contribution >= 0.6 is 11.3 Å². The molecule has 1 aromatic heterocycles. The number of nitrogens with zero attached hydrogens (tertiary/aromatic N) is 2. The van der Waals surface area contributed by atoms with Crippen molar-refractivity contribution in [1.82, 2.24) is 9.88 Å². The largest absolute Gasteiger partial charge is 0.327 e. The number of hydrogen-bond acceptors (Lipinski definition) is 4. The number of rotatable bonds is 2. The van der Waals surface area contributed by atoms with E-state index in [1.807, 2.05) is 5.51 Å². The van der Waals surface area contributed by atoms with Crippen molar-refractivity contribution in [3.63, 3.8) is 0 Å². The van der Waals surface area contributed by atoms with Gasteiger partial charge in [-0.05, 0) is 26.2 Å². The molecule has 2 rings (SSSR count). The van der Waals surface area contributed by atoms with Crippen LogP contribution in [0.25, 0.3) is 0 Å². The van der Waals surface area contributed by atoms with Crippen molar-refractivity contribution in [3.8, 4) is 0 Å². The molecule has 0 radical (unpaired) electrons. The molecule has 1 aromatic rings. The molecule has 0 aliphatic carbocycles. The lowest BCUT2D eigenvalue weighted by Crippen LogP contribution is -2.51. The molecule has 16 heavy (non-hydrogen) atoms. The van der Waals surface area contributed by atoms with E-state index in [-0.39, 0.29) is 0 Å². The molecular weight excluding hydrogens is 218 g/mol. The van der Waals surface area contributed by atoms with Crippen LogP contribution in [0.5, 0.6) is 0 Å². The SMILES string of the molecule is Cc1ncsc1CN1CCC(N)C(C)C1C. The topological polar surface area (TPSA) is 42.2 Å². The highest BCUT2D eigenvalue weighted by atomic mass is 32.1. The molecule has 2 N–H and O–H groups in total. The van der Waals surface area contributed by atoms with E-state index in [2.05, 4.69) is 30.7 Å². The number of piperidine rings is 1. The van der Waals surface area contributed by atoms with Crippen LogP contribution in [0.4, 0.5) is 0 Å². The summed E-state index contributed by atoms with van der Waals surface area (Å²) in [5, 5.41) is 0. The van der Waals surface area contributed by atoms with Gasteiger partial charge in [-0.2, -0.15) is 0 Å². The third-order valence-electron chi connectivity index (χ3n) is 3.95. The van der Waals surface area contributed by atoms with E-state index in [1.54, 1.807) is 11.3 Å². The molecule has 0 aromatic carbocycles. The minimum atomic E-state index is 0.369. The predicted molar refractivity (Wildman–Crippen MR) is 68.5 cm³/mol. The Kier molecular flexibility index (Phi) is 3.62. The van der Waals surface area contributed by atoms with E-state index in [1.165, 1.54) is 10.6 Å². The number of aromatic nitrogens is 1. The average molecular weight is 239 g/mol. The molecule has 0 bridgehead atoms. The van der Waals surface area contributed by atoms with Crippen molar-refractivity contribution < 1.29 is 0 Å². The summed E-state index contributed by atoms with van der Waals surface area (Å²) in [5.74, 6) is 0.585. The molecule has 3 nitrogen and oxygen atoms in total. The van der Waals surface area contributed by atoms with Gasteiger partial charge in [-0.25, -0.2) is 4.98 Å². The fourth-order valence-electron chi connectivity index (χ4n) is 2.36. The molecule has 1 aliphatic rings. The molecule has 0 amide bonds. The summed E-state index contributed by atoms with van der Waals surface area (Å²) in [7, 11) is 0. The van der Waals surface area contributed by atoms with E-state index >= 15 is 0 Å². The van der Waals surface area contributed by atoms with Crippen LogP contribution in [0.1, 0.15) is 30.8 Å². The van der Waals surface area contributed by atoms with Gasteiger partial charge in [0.15, 0.2) is 0 Å². The smallest absolute Gasteiger partial charge is 0.0798 e. The van der Waals surface area contributed by atoms with Crippen LogP contribution in [-0.2, 0) is 6.54 Å². The van der Waals surface area contributed by atoms with Gasteiger partial charge in [-0.15, -0.1) is 11.3 Å². The number of hydrogen-bond donors (Lipinski definition) is 1. The summed E-state index contributed by atoms with van der Waals surface area (Å²) < 4.78 is 0. The number of likely N-dealkylation sites (tertiary alicyclic amines) is 1. The molecule has 90 valence electrons. The first-order valence-corrected chi connectivity index (χ1v) is 6.86. The van der Waals surface area contributed by atoms with Crippen molar-refractivity contribution in [2.75, 3.05) is 6.54 Å². The molecular formula is C12H21N3S. The predicted octanol–water partition coefficient (Wildman–Crippen LogP) is 2.01. The second-order valence-corrected chi connectivity index (χ2v) is 5.82. The maximum atomic E-state index is 6.10. The Morgan fingerprint density at radius 1 is 1.56 bits per heavy atom. The van der Waals surface area contributed by atoms with Gasteiger partial charge in [0.2, 0.25) is 0 Å². The summed E-state index contributed by atoms with van der Waals surface area (Å²) >= 11 is 1.76. The van der Waals surface area contributed by atoms with Gasteiger partial charge >= 0.3 is 0 Å². The third kappa shape index (κ3) is 2.29. The van der Waals surface area contributed by atoms with E-state index < -0.39 is 0 Å². The maximum Gasteiger partial charge on any atom is 0.0798 e. The number of thiazole rings is 1. The van der Waals surface area contributed by atoms with Gasteiger partial charge < -0.3 is 5.73 Å². The van der Waals surface area contributed by atoms with E-state index in [0.29, 0.717) is 18.0 Å². The Morgan fingerprint density at radius 2 is 2.31 bits per heavy atom. The average Bonchev–Trinajstić information content (AvgIpc) is 2.65. The summed E-state index contributed by atoms with van der Waals surface area (Å²) in [4.78, 5) is 8.24. The third-order valence-corrected chi connectivity index (χ3v) is 4.87. The zero-order valence-electron chi connectivity index (χ0n) is 10.3. The lowest BCUT2D eigenvalue weighted by Gasteiger charge is -2.41. The molecule has 0 saturated carbocycles. The highest BCUT2D eigenvalue weighted by Gasteiger charge is 2.30. The van der Waals surface area contributed by atoms with Crippen LogP contribution in [0.2, 0.25) is 0 Å². The van der Waals surface area contributed by atoms with Crippen LogP contribution in [-0.4, -0.2) is 28.5 Å². The monoisotopic (exact) mass is 239 g/mol. The van der Waals surface area contributed by atoms with Crippen molar-refractivity contribution in [2.45, 2.75) is 45.8 Å². The summed E-state index contributed by atoms with van der Waals surface area (Å²) in [6.07, 6.45) is 1.11. The summed E-state index contributed by atoms with van der Waals surface area (Å²) in [6, 6.07) is 0.944. The van der Waals surface area contributed by atoms with Crippen molar-refractivity contribution in [2.24, 2.45) is 11.7 Å². The van der Waals surface area contributed by atoms with Gasteiger partial charge in [0.1, 0.15) is 0 Å². The first-order valence-electron chi connectivity index (χ1n) is 5.98. The molecule has 1 fully saturated rings. The first-order chi connectivity index (χ1) is 7.59. The standard InChI is InChI=1S/C12H21N3S/c1-8-10(3)15(5-4-11(8)13)6-12-9(2)14-7-16-12/h7-8,10-11H,4-6,13H2,1-3H3. The summed E-state index contributed by atoms with van der Waals surface area (Å²) in [5.41, 5.74) is 9.22. The molecule has 1 aliphatic heterocycles. The highest BCUT2D eigenvalue weighted by Crippen LogP contribution is 2.25. The van der Waals surface area contributed by atoms with Crippen LogP contribution in [0, 0.1) is 12.8 Å². The van der Waals surface area contributed by atoms with E-state index in [4.69, 9.17) is 5.73 Å². The van der Waals surface area contributed by atoms with Gasteiger partial charge in [0.05, 0.1) is 11.2 Å². The Labute approximate surface area is 102 Å². The second kappa shape index (κ2) is 4.82. The molecule has 2 heterocycles. The lowest BCUT2D eigenvalue weighted by atomic mass is 9.87. The second-order valence-electron chi connectivity index (χ2n) is 4.88. The fourth-order valence-corrected chi connectivity index (χ4v) is 3.16. The Balaban J connectivity index is 2.03. The van der Waals surface area contributed by atoms with Crippen molar-refractivity contribution >= 4 is 11.3 Å². The minimum Gasteiger partial charge on any atom is -0.327 e. The Morgan fingerprint density at radius 3 is 2.94 bits per heavy atom. The number of nitrogens with two attached hydrogens (primary N) is 1. The van der Waals surface area contributed by atoms with Crippen molar-refractivity contribution in [3.05, 3.63) is 16.1 Å². The highest BCUT2D eigenvalue weighted by molar-refractivity contribution is 7.09. The normalized spacial score (nSPS) is 31.9.